The van der Waals surface area contributed by atoms with Gasteiger partial charge in [0, 0.05) is 24.5 Å². The van der Waals surface area contributed by atoms with Crippen LogP contribution in [0.4, 0.5) is 5.69 Å². The highest BCUT2D eigenvalue weighted by Gasteiger charge is 2.33. The average Bonchev–Trinajstić information content (AvgIpc) is 2.93. The number of nitrogens with one attached hydrogen (secondary N) is 1. The number of methoxy groups -OCH3 is 1. The second kappa shape index (κ2) is 14.4. The van der Waals surface area contributed by atoms with Crippen molar-refractivity contribution < 1.29 is 22.7 Å². The van der Waals surface area contributed by atoms with Crippen LogP contribution in [0.15, 0.2) is 72.8 Å². The number of carbonyl (C=O) groups is 2. The molecule has 0 radical (unpaired) electrons. The van der Waals surface area contributed by atoms with Crippen LogP contribution < -0.4 is 14.4 Å². The second-order valence-corrected chi connectivity index (χ2v) is 11.9. The number of carbonyl (C=O) groups excluding carboxylic acids is 2. The molecule has 2 amide bonds. The molecule has 0 saturated carbocycles. The first-order valence-corrected chi connectivity index (χ1v) is 15.3. The fraction of sp³-hybridized carbons (Fsp3) is 0.310. The number of halogens is 2. The smallest absolute Gasteiger partial charge is 0.244 e. The number of sulfonamides is 1. The summed E-state index contributed by atoms with van der Waals surface area (Å²) < 4.78 is 31.9. The molecule has 3 aromatic carbocycles. The molecular formula is C29H33Cl2N3O5S. The first kappa shape index (κ1) is 31.3. The van der Waals surface area contributed by atoms with Crippen molar-refractivity contribution in [2.24, 2.45) is 0 Å². The first-order valence-electron chi connectivity index (χ1n) is 12.7. The summed E-state index contributed by atoms with van der Waals surface area (Å²) in [6, 6.07) is 19.9. The molecule has 0 aliphatic carbocycles. The van der Waals surface area contributed by atoms with Crippen molar-refractivity contribution >= 4 is 50.7 Å². The number of rotatable bonds is 13. The van der Waals surface area contributed by atoms with Crippen LogP contribution in [0, 0.1) is 0 Å². The molecule has 1 atom stereocenters. The predicted octanol–water partition coefficient (Wildman–Crippen LogP) is 4.93. The van der Waals surface area contributed by atoms with Gasteiger partial charge in [-0.15, -0.1) is 0 Å². The van der Waals surface area contributed by atoms with Gasteiger partial charge in [-0.05, 0) is 41.8 Å². The zero-order chi connectivity index (χ0) is 29.3. The SMILES string of the molecule is CCCNC(=O)[C@H](Cc1ccccc1)N(Cc1ccccc1Cl)C(=O)CN(c1ccc(OC)c(Cl)c1)S(C)(=O)=O. The molecular weight excluding hydrogens is 573 g/mol. The van der Waals surface area contributed by atoms with Crippen LogP contribution in [-0.2, 0) is 32.6 Å². The molecule has 214 valence electrons. The van der Waals surface area contributed by atoms with Crippen molar-refractivity contribution in [1.29, 1.82) is 0 Å². The highest BCUT2D eigenvalue weighted by molar-refractivity contribution is 7.92. The van der Waals surface area contributed by atoms with Crippen LogP contribution in [-0.4, -0.2) is 57.6 Å². The number of amides is 2. The topological polar surface area (TPSA) is 96.0 Å². The second-order valence-electron chi connectivity index (χ2n) is 9.20. The molecule has 0 bridgehead atoms. The Morgan fingerprint density at radius 2 is 1.65 bits per heavy atom. The van der Waals surface area contributed by atoms with E-state index in [2.05, 4.69) is 5.32 Å². The van der Waals surface area contributed by atoms with Gasteiger partial charge in [-0.2, -0.15) is 0 Å². The van der Waals surface area contributed by atoms with Gasteiger partial charge in [-0.3, -0.25) is 13.9 Å². The fourth-order valence-corrected chi connectivity index (χ4v) is 5.44. The normalized spacial score (nSPS) is 11.9. The van der Waals surface area contributed by atoms with Gasteiger partial charge in [0.2, 0.25) is 21.8 Å². The first-order chi connectivity index (χ1) is 19.0. The van der Waals surface area contributed by atoms with Gasteiger partial charge < -0.3 is 15.0 Å². The third kappa shape index (κ3) is 8.36. The molecule has 40 heavy (non-hydrogen) atoms. The quantitative estimate of drug-likeness (QED) is 0.298. The average molecular weight is 607 g/mol. The lowest BCUT2D eigenvalue weighted by atomic mass is 10.0. The molecule has 3 rings (SSSR count). The van der Waals surface area contributed by atoms with Crippen LogP contribution in [0.5, 0.6) is 5.75 Å². The molecule has 0 unspecified atom stereocenters. The molecule has 0 saturated heterocycles. The summed E-state index contributed by atoms with van der Waals surface area (Å²) in [5, 5.41) is 3.51. The van der Waals surface area contributed by atoms with Gasteiger partial charge in [0.15, 0.2) is 0 Å². The summed E-state index contributed by atoms with van der Waals surface area (Å²) >= 11 is 12.7. The van der Waals surface area contributed by atoms with E-state index in [0.717, 1.165) is 16.1 Å². The van der Waals surface area contributed by atoms with Crippen molar-refractivity contribution in [2.45, 2.75) is 32.4 Å². The number of nitrogens with zero attached hydrogens (tertiary/aromatic N) is 2. The Balaban J connectivity index is 2.06. The van der Waals surface area contributed by atoms with E-state index in [9.17, 15) is 18.0 Å². The molecule has 0 heterocycles. The van der Waals surface area contributed by atoms with Gasteiger partial charge in [-0.25, -0.2) is 8.42 Å². The van der Waals surface area contributed by atoms with E-state index in [0.29, 0.717) is 29.3 Å². The van der Waals surface area contributed by atoms with Crippen LogP contribution in [0.3, 0.4) is 0 Å². The predicted molar refractivity (Wildman–Crippen MR) is 159 cm³/mol. The van der Waals surface area contributed by atoms with Gasteiger partial charge >= 0.3 is 0 Å². The minimum Gasteiger partial charge on any atom is -0.495 e. The van der Waals surface area contributed by atoms with Crippen molar-refractivity contribution in [1.82, 2.24) is 10.2 Å². The zero-order valence-corrected chi connectivity index (χ0v) is 25.0. The maximum atomic E-state index is 14.0. The molecule has 0 aliphatic heterocycles. The van der Waals surface area contributed by atoms with Gasteiger partial charge in [-0.1, -0.05) is 78.7 Å². The molecule has 8 nitrogen and oxygen atoms in total. The Kier molecular flexibility index (Phi) is 11.2. The minimum atomic E-state index is -3.92. The molecule has 0 aliphatic rings. The maximum absolute atomic E-state index is 14.0. The van der Waals surface area contributed by atoms with E-state index >= 15 is 0 Å². The lowest BCUT2D eigenvalue weighted by Gasteiger charge is -2.33. The summed E-state index contributed by atoms with van der Waals surface area (Å²) in [6.07, 6.45) is 1.94. The number of benzene rings is 3. The third-order valence-electron chi connectivity index (χ3n) is 6.22. The van der Waals surface area contributed by atoms with Crippen LogP contribution in [0.2, 0.25) is 10.0 Å². The zero-order valence-electron chi connectivity index (χ0n) is 22.6. The molecule has 0 spiro atoms. The number of hydrogen-bond acceptors (Lipinski definition) is 5. The minimum absolute atomic E-state index is 0.00345. The number of ether oxygens (including phenoxy) is 1. The largest absolute Gasteiger partial charge is 0.495 e. The molecule has 11 heteroatoms. The van der Waals surface area contributed by atoms with Gasteiger partial charge in [0.25, 0.3) is 0 Å². The summed E-state index contributed by atoms with van der Waals surface area (Å²) in [6.45, 7) is 1.80. The van der Waals surface area contributed by atoms with Crippen molar-refractivity contribution in [2.75, 3.05) is 30.8 Å². The van der Waals surface area contributed by atoms with E-state index in [4.69, 9.17) is 27.9 Å². The van der Waals surface area contributed by atoms with Crippen molar-refractivity contribution in [3.05, 3.63) is 94.0 Å². The fourth-order valence-electron chi connectivity index (χ4n) is 4.15. The van der Waals surface area contributed by atoms with Crippen LogP contribution in [0.1, 0.15) is 24.5 Å². The highest BCUT2D eigenvalue weighted by Crippen LogP contribution is 2.30. The number of anilines is 1. The van der Waals surface area contributed by atoms with Crippen molar-refractivity contribution in [3.8, 4) is 5.75 Å². The molecule has 0 aromatic heterocycles. The standard InChI is InChI=1S/C29H33Cl2N3O5S/c1-4-16-32-29(36)26(17-21-10-6-5-7-11-21)33(19-22-12-8-9-13-24(22)30)28(35)20-34(40(3,37)38)23-14-15-27(39-2)25(31)18-23/h5-15,18,26H,4,16-17,19-20H2,1-3H3,(H,32,36)/t26-/m0/s1. The Morgan fingerprint density at radius 3 is 2.25 bits per heavy atom. The third-order valence-corrected chi connectivity index (χ3v) is 8.03. The number of hydrogen-bond donors (Lipinski definition) is 1. The van der Waals surface area contributed by atoms with Crippen LogP contribution in [0.25, 0.3) is 0 Å². The van der Waals surface area contributed by atoms with Crippen molar-refractivity contribution in [3.63, 3.8) is 0 Å². The molecule has 1 N–H and O–H groups in total. The van der Waals surface area contributed by atoms with E-state index < -0.39 is 28.5 Å². The molecule has 3 aromatic rings. The Morgan fingerprint density at radius 1 is 0.975 bits per heavy atom. The van der Waals surface area contributed by atoms with E-state index in [1.165, 1.54) is 30.2 Å². The van der Waals surface area contributed by atoms with E-state index in [-0.39, 0.29) is 29.6 Å². The lowest BCUT2D eigenvalue weighted by Crippen LogP contribution is -2.53. The Hall–Kier alpha value is -3.27. The van der Waals surface area contributed by atoms with Gasteiger partial charge in [0.05, 0.1) is 24.1 Å². The summed E-state index contributed by atoms with van der Waals surface area (Å²) in [5.41, 5.74) is 1.66. The highest BCUT2D eigenvalue weighted by atomic mass is 35.5. The Labute approximate surface area is 245 Å². The van der Waals surface area contributed by atoms with E-state index in [1.54, 1.807) is 24.3 Å². The monoisotopic (exact) mass is 605 g/mol. The molecule has 0 fully saturated rings. The summed E-state index contributed by atoms with van der Waals surface area (Å²) in [4.78, 5) is 28.9. The Bertz CT molecular complexity index is 1420. The maximum Gasteiger partial charge on any atom is 0.244 e. The lowest BCUT2D eigenvalue weighted by molar-refractivity contribution is -0.140. The van der Waals surface area contributed by atoms with E-state index in [1.807, 2.05) is 37.3 Å². The van der Waals surface area contributed by atoms with Gasteiger partial charge in [0.1, 0.15) is 18.3 Å². The summed E-state index contributed by atoms with van der Waals surface area (Å²) in [5.74, 6) is -0.560. The summed E-state index contributed by atoms with van der Waals surface area (Å²) in [7, 11) is -2.48. The van der Waals surface area contributed by atoms with Crippen LogP contribution >= 0.6 is 23.2 Å².